The summed E-state index contributed by atoms with van der Waals surface area (Å²) in [5, 5.41) is 0. The predicted molar refractivity (Wildman–Crippen MR) is 37.4 cm³/mol. The van der Waals surface area contributed by atoms with E-state index < -0.39 is 0 Å². The molecule has 8 heavy (non-hydrogen) atoms. The fourth-order valence-electron chi connectivity index (χ4n) is 0.326. The van der Waals surface area contributed by atoms with Gasteiger partial charge in [0.15, 0.2) is 0 Å². The first-order chi connectivity index (χ1) is 3.91. The van der Waals surface area contributed by atoms with Gasteiger partial charge in [0.25, 0.3) is 0 Å². The molecule has 0 aromatic carbocycles. The molecular weight excluding hydrogens is 96.1 g/mol. The Balaban J connectivity index is 3.31. The Morgan fingerprint density at radius 1 is 1.50 bits per heavy atom. The lowest BCUT2D eigenvalue weighted by Crippen LogP contribution is -1.50. The van der Waals surface area contributed by atoms with Gasteiger partial charge in [-0.05, 0) is 12.5 Å². The topological polar surface area (TPSA) is 0 Å². The molecule has 0 aromatic rings. The quantitative estimate of drug-likeness (QED) is 0.373. The van der Waals surface area contributed by atoms with Crippen molar-refractivity contribution in [3.8, 4) is 12.3 Å². The summed E-state index contributed by atoms with van der Waals surface area (Å²) in [4.78, 5) is 0. The minimum absolute atomic E-state index is 1.06. The van der Waals surface area contributed by atoms with Gasteiger partial charge < -0.3 is 0 Å². The van der Waals surface area contributed by atoms with Gasteiger partial charge in [0.05, 0.1) is 0 Å². The summed E-state index contributed by atoms with van der Waals surface area (Å²) in [6.45, 7) is 2.08. The normalized spacial score (nSPS) is 10.5. The number of terminal acetylenes is 1. The van der Waals surface area contributed by atoms with Crippen molar-refractivity contribution in [2.75, 3.05) is 0 Å². The first-order valence-electron chi connectivity index (χ1n) is 2.69. The van der Waals surface area contributed by atoms with Gasteiger partial charge in [-0.25, -0.2) is 0 Å². The van der Waals surface area contributed by atoms with E-state index >= 15 is 0 Å². The molecule has 0 aliphatic heterocycles. The highest BCUT2D eigenvalue weighted by Gasteiger charge is 1.59. The Bertz CT molecular complexity index is 121. The van der Waals surface area contributed by atoms with E-state index in [1.807, 2.05) is 18.2 Å². The second-order valence-corrected chi connectivity index (χ2v) is 1.36. The van der Waals surface area contributed by atoms with Gasteiger partial charge in [-0.3, -0.25) is 0 Å². The summed E-state index contributed by atoms with van der Waals surface area (Å²) >= 11 is 0. The number of allylic oxidation sites excluding steroid dienone is 4. The van der Waals surface area contributed by atoms with E-state index in [-0.39, 0.29) is 0 Å². The Kier molecular flexibility index (Phi) is 5.32. The summed E-state index contributed by atoms with van der Waals surface area (Å²) in [6, 6.07) is 0. The fraction of sp³-hybridized carbons (Fsp3) is 0.250. The molecule has 0 N–H and O–H groups in total. The molecule has 42 valence electrons. The SMILES string of the molecule is C#C/C=C/C=C/CC. The summed E-state index contributed by atoms with van der Waals surface area (Å²) < 4.78 is 0. The molecular formula is C8H10. The van der Waals surface area contributed by atoms with Crippen molar-refractivity contribution in [2.24, 2.45) is 0 Å². The van der Waals surface area contributed by atoms with E-state index in [0.29, 0.717) is 0 Å². The van der Waals surface area contributed by atoms with E-state index in [1.165, 1.54) is 0 Å². The zero-order valence-corrected chi connectivity index (χ0v) is 5.09. The minimum Gasteiger partial charge on any atom is -0.115 e. The number of hydrogen-bond donors (Lipinski definition) is 0. The maximum Gasteiger partial charge on any atom is -0.0122 e. The lowest BCUT2D eigenvalue weighted by Gasteiger charge is -1.70. The van der Waals surface area contributed by atoms with Gasteiger partial charge in [-0.2, -0.15) is 0 Å². The number of rotatable bonds is 2. The monoisotopic (exact) mass is 106 g/mol. The zero-order valence-electron chi connectivity index (χ0n) is 5.09. The lowest BCUT2D eigenvalue weighted by atomic mass is 10.4. The van der Waals surface area contributed by atoms with E-state index in [9.17, 15) is 0 Å². The van der Waals surface area contributed by atoms with Gasteiger partial charge in [0.2, 0.25) is 0 Å². The van der Waals surface area contributed by atoms with Crippen LogP contribution in [0.3, 0.4) is 0 Å². The van der Waals surface area contributed by atoms with Crippen molar-refractivity contribution >= 4 is 0 Å². The molecule has 0 fully saturated rings. The maximum absolute atomic E-state index is 4.94. The third-order valence-electron chi connectivity index (χ3n) is 0.675. The van der Waals surface area contributed by atoms with Crippen LogP contribution < -0.4 is 0 Å². The van der Waals surface area contributed by atoms with E-state index in [0.717, 1.165) is 6.42 Å². The molecule has 0 aliphatic carbocycles. The smallest absolute Gasteiger partial charge is 0.0122 e. The number of hydrogen-bond acceptors (Lipinski definition) is 0. The fourth-order valence-corrected chi connectivity index (χ4v) is 0.326. The Morgan fingerprint density at radius 3 is 2.75 bits per heavy atom. The first-order valence-corrected chi connectivity index (χ1v) is 2.69. The van der Waals surface area contributed by atoms with Crippen LogP contribution in [0.2, 0.25) is 0 Å². The van der Waals surface area contributed by atoms with Crippen molar-refractivity contribution in [1.82, 2.24) is 0 Å². The molecule has 0 rings (SSSR count). The van der Waals surface area contributed by atoms with Gasteiger partial charge in [-0.1, -0.05) is 31.1 Å². The van der Waals surface area contributed by atoms with Crippen molar-refractivity contribution in [2.45, 2.75) is 13.3 Å². The van der Waals surface area contributed by atoms with Crippen molar-refractivity contribution in [1.29, 1.82) is 0 Å². The van der Waals surface area contributed by atoms with E-state index in [1.54, 1.807) is 6.08 Å². The summed E-state index contributed by atoms with van der Waals surface area (Å²) in [6.07, 6.45) is 13.5. The molecule has 0 radical (unpaired) electrons. The van der Waals surface area contributed by atoms with Crippen LogP contribution in [0.5, 0.6) is 0 Å². The highest BCUT2D eigenvalue weighted by atomic mass is 13.7. The molecule has 0 bridgehead atoms. The largest absolute Gasteiger partial charge is 0.115 e. The third kappa shape index (κ3) is 5.04. The predicted octanol–water partition coefficient (Wildman–Crippen LogP) is 2.14. The second kappa shape index (κ2) is 6.04. The van der Waals surface area contributed by atoms with Crippen LogP contribution in [-0.2, 0) is 0 Å². The molecule has 0 aliphatic rings. The molecule has 0 heteroatoms. The zero-order chi connectivity index (χ0) is 6.24. The van der Waals surface area contributed by atoms with Gasteiger partial charge in [0.1, 0.15) is 0 Å². The van der Waals surface area contributed by atoms with Crippen molar-refractivity contribution in [3.05, 3.63) is 24.3 Å². The van der Waals surface area contributed by atoms with Gasteiger partial charge in [0, 0.05) is 0 Å². The van der Waals surface area contributed by atoms with Gasteiger partial charge in [-0.15, -0.1) is 6.42 Å². The van der Waals surface area contributed by atoms with Crippen molar-refractivity contribution < 1.29 is 0 Å². The standard InChI is InChI=1S/C8H10/c1-3-5-7-8-6-4-2/h1,5-8H,4H2,2H3/b7-5+,8-6+. The molecule has 0 aromatic heterocycles. The molecule has 0 atom stereocenters. The molecule has 0 saturated carbocycles. The van der Waals surface area contributed by atoms with Crippen LogP contribution in [0.4, 0.5) is 0 Å². The lowest BCUT2D eigenvalue weighted by molar-refractivity contribution is 1.22. The summed E-state index contributed by atoms with van der Waals surface area (Å²) in [5.41, 5.74) is 0. The van der Waals surface area contributed by atoms with Crippen LogP contribution in [0.15, 0.2) is 24.3 Å². The Labute approximate surface area is 50.9 Å². The Morgan fingerprint density at radius 2 is 2.25 bits per heavy atom. The second-order valence-electron chi connectivity index (χ2n) is 1.36. The van der Waals surface area contributed by atoms with Crippen LogP contribution in [-0.4, -0.2) is 0 Å². The average Bonchev–Trinajstić information content (AvgIpc) is 1.81. The highest BCUT2D eigenvalue weighted by Crippen LogP contribution is 1.79. The molecule has 0 saturated heterocycles. The van der Waals surface area contributed by atoms with Crippen LogP contribution in [0.1, 0.15) is 13.3 Å². The first kappa shape index (κ1) is 7.04. The summed E-state index contributed by atoms with van der Waals surface area (Å²) in [5.74, 6) is 2.39. The minimum atomic E-state index is 1.06. The molecule has 0 heterocycles. The van der Waals surface area contributed by atoms with E-state index in [4.69, 9.17) is 6.42 Å². The summed E-state index contributed by atoms with van der Waals surface area (Å²) in [7, 11) is 0. The molecule has 0 nitrogen and oxygen atoms in total. The van der Waals surface area contributed by atoms with Gasteiger partial charge >= 0.3 is 0 Å². The third-order valence-corrected chi connectivity index (χ3v) is 0.675. The van der Waals surface area contributed by atoms with E-state index in [2.05, 4.69) is 12.8 Å². The van der Waals surface area contributed by atoms with Crippen LogP contribution in [0, 0.1) is 12.3 Å². The highest BCUT2D eigenvalue weighted by molar-refractivity contribution is 5.15. The maximum atomic E-state index is 4.94. The average molecular weight is 106 g/mol. The Hall–Kier alpha value is -0.960. The molecule has 0 amide bonds. The molecule has 0 spiro atoms. The van der Waals surface area contributed by atoms with Crippen LogP contribution >= 0.6 is 0 Å². The molecule has 0 unspecified atom stereocenters. The van der Waals surface area contributed by atoms with Crippen LogP contribution in [0.25, 0.3) is 0 Å². The van der Waals surface area contributed by atoms with Crippen molar-refractivity contribution in [3.63, 3.8) is 0 Å².